The maximum absolute atomic E-state index is 11.4. The van der Waals surface area contributed by atoms with E-state index in [-0.39, 0.29) is 24.9 Å². The van der Waals surface area contributed by atoms with Gasteiger partial charge in [0.25, 0.3) is 0 Å². The number of piperidine rings is 1. The highest BCUT2D eigenvalue weighted by Gasteiger charge is 2.23. The molecule has 106 valence electrons. The Balaban J connectivity index is 1.72. The van der Waals surface area contributed by atoms with Crippen LogP contribution in [0, 0.1) is 0 Å². The molecular weight excluding hydrogens is 254 g/mol. The van der Waals surface area contributed by atoms with Gasteiger partial charge in [0.15, 0.2) is 0 Å². The molecule has 2 aliphatic rings. The summed E-state index contributed by atoms with van der Waals surface area (Å²) in [4.78, 5) is 24.6. The molecule has 1 atom stereocenters. The topological polar surface area (TPSA) is 61.4 Å². The summed E-state index contributed by atoms with van der Waals surface area (Å²) in [7, 11) is 0. The first-order chi connectivity index (χ1) is 9.72. The molecule has 0 radical (unpaired) electrons. The van der Waals surface area contributed by atoms with E-state index in [9.17, 15) is 9.59 Å². The number of carbonyl (C=O) groups is 2. The monoisotopic (exact) mass is 273 g/mol. The molecule has 2 aliphatic heterocycles. The van der Waals surface area contributed by atoms with Crippen molar-refractivity contribution in [2.24, 2.45) is 0 Å². The Morgan fingerprint density at radius 1 is 1.05 bits per heavy atom. The molecule has 5 nitrogen and oxygen atoms in total. The number of amides is 2. The second kappa shape index (κ2) is 5.63. The predicted molar refractivity (Wildman–Crippen MR) is 76.6 cm³/mol. The summed E-state index contributed by atoms with van der Waals surface area (Å²) in [5.41, 5.74) is 2.26. The number of carbonyl (C=O) groups excluding carboxylic acids is 2. The van der Waals surface area contributed by atoms with Crippen LogP contribution < -0.4 is 15.5 Å². The standard InChI is InChI=1S/C15H19N3O2/c19-14-9-18(10-15(20)17-14)13-5-3-11(4-6-13)12-2-1-7-16-8-12/h3-6,12,16H,1-2,7-10H2,(H,17,19,20). The minimum absolute atomic E-state index is 0.234. The lowest BCUT2D eigenvalue weighted by Crippen LogP contribution is -2.51. The molecule has 1 aromatic rings. The fourth-order valence-corrected chi connectivity index (χ4v) is 2.91. The molecule has 2 amide bonds. The Hall–Kier alpha value is -1.88. The molecule has 5 heteroatoms. The lowest BCUT2D eigenvalue weighted by Gasteiger charge is -2.28. The van der Waals surface area contributed by atoms with E-state index in [1.165, 1.54) is 18.4 Å². The van der Waals surface area contributed by atoms with Crippen LogP contribution in [0.1, 0.15) is 24.3 Å². The van der Waals surface area contributed by atoms with E-state index in [0.29, 0.717) is 5.92 Å². The van der Waals surface area contributed by atoms with Crippen molar-refractivity contribution in [3.8, 4) is 0 Å². The number of nitrogens with zero attached hydrogens (tertiary/aromatic N) is 1. The summed E-state index contributed by atoms with van der Waals surface area (Å²) in [5.74, 6) is 0.104. The molecule has 0 saturated carbocycles. The van der Waals surface area contributed by atoms with Crippen LogP contribution in [0.3, 0.4) is 0 Å². The Morgan fingerprint density at radius 3 is 2.35 bits per heavy atom. The van der Waals surface area contributed by atoms with Crippen LogP contribution in [0.4, 0.5) is 5.69 Å². The highest BCUT2D eigenvalue weighted by Crippen LogP contribution is 2.25. The largest absolute Gasteiger partial charge is 0.353 e. The molecule has 2 N–H and O–H groups in total. The Labute approximate surface area is 118 Å². The summed E-state index contributed by atoms with van der Waals surface area (Å²) in [6.07, 6.45) is 2.43. The summed E-state index contributed by atoms with van der Waals surface area (Å²) in [6, 6.07) is 8.25. The van der Waals surface area contributed by atoms with Crippen molar-refractivity contribution in [3.63, 3.8) is 0 Å². The summed E-state index contributed by atoms with van der Waals surface area (Å²) < 4.78 is 0. The summed E-state index contributed by atoms with van der Waals surface area (Å²) in [6.45, 7) is 2.63. The molecule has 1 unspecified atom stereocenters. The molecule has 0 spiro atoms. The van der Waals surface area contributed by atoms with Crippen molar-refractivity contribution in [2.75, 3.05) is 31.1 Å². The smallest absolute Gasteiger partial charge is 0.246 e. The van der Waals surface area contributed by atoms with Crippen molar-refractivity contribution in [1.82, 2.24) is 10.6 Å². The zero-order valence-corrected chi connectivity index (χ0v) is 11.4. The second-order valence-electron chi connectivity index (χ2n) is 5.46. The number of benzene rings is 1. The van der Waals surface area contributed by atoms with E-state index >= 15 is 0 Å². The number of nitrogens with one attached hydrogen (secondary N) is 2. The third-order valence-electron chi connectivity index (χ3n) is 3.97. The molecule has 3 rings (SSSR count). The van der Waals surface area contributed by atoms with Gasteiger partial charge in [-0.05, 0) is 43.0 Å². The molecule has 0 aromatic heterocycles. The van der Waals surface area contributed by atoms with Crippen LogP contribution in [-0.2, 0) is 9.59 Å². The van der Waals surface area contributed by atoms with E-state index in [1.807, 2.05) is 17.0 Å². The van der Waals surface area contributed by atoms with Crippen LogP contribution >= 0.6 is 0 Å². The van der Waals surface area contributed by atoms with Crippen LogP contribution in [-0.4, -0.2) is 38.0 Å². The molecule has 0 bridgehead atoms. The molecule has 20 heavy (non-hydrogen) atoms. The fraction of sp³-hybridized carbons (Fsp3) is 0.467. The van der Waals surface area contributed by atoms with Gasteiger partial charge in [0.2, 0.25) is 11.8 Å². The lowest BCUT2D eigenvalue weighted by molar-refractivity contribution is -0.130. The zero-order chi connectivity index (χ0) is 13.9. The van der Waals surface area contributed by atoms with Crippen molar-refractivity contribution in [2.45, 2.75) is 18.8 Å². The number of imide groups is 1. The second-order valence-corrected chi connectivity index (χ2v) is 5.46. The highest BCUT2D eigenvalue weighted by molar-refractivity contribution is 6.02. The first kappa shape index (κ1) is 13.1. The van der Waals surface area contributed by atoms with Crippen LogP contribution in [0.15, 0.2) is 24.3 Å². The Kier molecular flexibility index (Phi) is 3.69. The SMILES string of the molecule is O=C1CN(c2ccc(C3CCCNC3)cc2)CC(=O)N1. The number of hydrogen-bond acceptors (Lipinski definition) is 4. The number of anilines is 1. The van der Waals surface area contributed by atoms with Gasteiger partial charge in [0, 0.05) is 12.2 Å². The van der Waals surface area contributed by atoms with E-state index in [2.05, 4.69) is 22.8 Å². The van der Waals surface area contributed by atoms with Crippen LogP contribution in [0.25, 0.3) is 0 Å². The molecule has 1 aromatic carbocycles. The lowest BCUT2D eigenvalue weighted by atomic mass is 9.91. The third-order valence-corrected chi connectivity index (χ3v) is 3.97. The maximum atomic E-state index is 11.4. The summed E-state index contributed by atoms with van der Waals surface area (Å²) in [5, 5.41) is 5.73. The normalized spacial score (nSPS) is 23.6. The van der Waals surface area contributed by atoms with Gasteiger partial charge in [0.05, 0.1) is 13.1 Å². The summed E-state index contributed by atoms with van der Waals surface area (Å²) >= 11 is 0. The van der Waals surface area contributed by atoms with E-state index in [1.54, 1.807) is 0 Å². The van der Waals surface area contributed by atoms with Gasteiger partial charge in [-0.1, -0.05) is 12.1 Å². The molecule has 2 saturated heterocycles. The van der Waals surface area contributed by atoms with Crippen molar-refractivity contribution in [3.05, 3.63) is 29.8 Å². The average molecular weight is 273 g/mol. The van der Waals surface area contributed by atoms with Gasteiger partial charge in [-0.15, -0.1) is 0 Å². The van der Waals surface area contributed by atoms with Gasteiger partial charge in [-0.3, -0.25) is 14.9 Å². The average Bonchev–Trinajstić information content (AvgIpc) is 2.47. The predicted octanol–water partition coefficient (Wildman–Crippen LogP) is 0.616. The number of hydrogen-bond donors (Lipinski definition) is 2. The Morgan fingerprint density at radius 2 is 1.75 bits per heavy atom. The maximum Gasteiger partial charge on any atom is 0.246 e. The molecule has 2 fully saturated rings. The van der Waals surface area contributed by atoms with Crippen LogP contribution in [0.5, 0.6) is 0 Å². The van der Waals surface area contributed by atoms with E-state index in [0.717, 1.165) is 18.8 Å². The van der Waals surface area contributed by atoms with Crippen LogP contribution in [0.2, 0.25) is 0 Å². The molecule has 0 aliphatic carbocycles. The van der Waals surface area contributed by atoms with E-state index in [4.69, 9.17) is 0 Å². The first-order valence-electron chi connectivity index (χ1n) is 7.11. The number of piperazine rings is 1. The third kappa shape index (κ3) is 2.82. The van der Waals surface area contributed by atoms with Crippen molar-refractivity contribution >= 4 is 17.5 Å². The first-order valence-corrected chi connectivity index (χ1v) is 7.11. The van der Waals surface area contributed by atoms with Crippen molar-refractivity contribution in [1.29, 1.82) is 0 Å². The molecule has 2 heterocycles. The minimum Gasteiger partial charge on any atom is -0.353 e. The zero-order valence-electron chi connectivity index (χ0n) is 11.4. The van der Waals surface area contributed by atoms with Gasteiger partial charge in [-0.2, -0.15) is 0 Å². The van der Waals surface area contributed by atoms with Gasteiger partial charge in [0.1, 0.15) is 0 Å². The van der Waals surface area contributed by atoms with Gasteiger partial charge < -0.3 is 10.2 Å². The Bertz CT molecular complexity index is 490. The minimum atomic E-state index is -0.234. The van der Waals surface area contributed by atoms with Gasteiger partial charge >= 0.3 is 0 Å². The van der Waals surface area contributed by atoms with Crippen molar-refractivity contribution < 1.29 is 9.59 Å². The highest BCUT2D eigenvalue weighted by atomic mass is 16.2. The van der Waals surface area contributed by atoms with E-state index < -0.39 is 0 Å². The molecular formula is C15H19N3O2. The number of rotatable bonds is 2. The van der Waals surface area contributed by atoms with Gasteiger partial charge in [-0.25, -0.2) is 0 Å². The quantitative estimate of drug-likeness (QED) is 0.775. The fourth-order valence-electron chi connectivity index (χ4n) is 2.91.